The lowest BCUT2D eigenvalue weighted by molar-refractivity contribution is -0.135. The molecular formula is C15H21F3N2. The molecule has 0 radical (unpaired) electrons. The fraction of sp³-hybridized carbons (Fsp3) is 0.600. The van der Waals surface area contributed by atoms with Crippen LogP contribution in [0.25, 0.3) is 0 Å². The topological polar surface area (TPSA) is 15.3 Å². The molecule has 0 bridgehead atoms. The highest BCUT2D eigenvalue weighted by molar-refractivity contribution is 5.59. The average Bonchev–Trinajstić information content (AvgIpc) is 2.79. The first-order chi connectivity index (χ1) is 9.40. The molecule has 1 aromatic carbocycles. The third kappa shape index (κ3) is 3.66. The van der Waals surface area contributed by atoms with E-state index in [4.69, 9.17) is 0 Å². The molecule has 2 nitrogen and oxygen atoms in total. The zero-order valence-corrected chi connectivity index (χ0v) is 11.9. The lowest BCUT2D eigenvalue weighted by atomic mass is 10.0. The van der Waals surface area contributed by atoms with Gasteiger partial charge in [-0.25, -0.2) is 0 Å². The maximum Gasteiger partial charge on any atom is 0.389 e. The van der Waals surface area contributed by atoms with Crippen LogP contribution in [0.3, 0.4) is 0 Å². The first-order valence-electron chi connectivity index (χ1n) is 7.02. The molecule has 0 amide bonds. The van der Waals surface area contributed by atoms with Gasteiger partial charge in [-0.15, -0.1) is 0 Å². The number of hydrogen-bond acceptors (Lipinski definition) is 2. The molecule has 1 aliphatic heterocycles. The zero-order chi connectivity index (χ0) is 14.8. The quantitative estimate of drug-likeness (QED) is 0.888. The maximum atomic E-state index is 12.2. The van der Waals surface area contributed by atoms with Crippen LogP contribution in [-0.4, -0.2) is 26.3 Å². The van der Waals surface area contributed by atoms with Gasteiger partial charge in [-0.3, -0.25) is 0 Å². The van der Waals surface area contributed by atoms with Crippen molar-refractivity contribution in [3.8, 4) is 0 Å². The summed E-state index contributed by atoms with van der Waals surface area (Å²) in [6.45, 7) is 3.40. The van der Waals surface area contributed by atoms with Crippen LogP contribution in [0, 0.1) is 0 Å². The van der Waals surface area contributed by atoms with Crippen LogP contribution in [0.4, 0.5) is 18.9 Å². The fourth-order valence-electron chi connectivity index (χ4n) is 2.63. The monoisotopic (exact) mass is 286 g/mol. The van der Waals surface area contributed by atoms with Gasteiger partial charge in [-0.2, -0.15) is 13.2 Å². The Morgan fingerprint density at radius 3 is 2.75 bits per heavy atom. The van der Waals surface area contributed by atoms with Crippen molar-refractivity contribution in [2.24, 2.45) is 0 Å². The summed E-state index contributed by atoms with van der Waals surface area (Å²) in [6, 6.07) is 6.56. The molecular weight excluding hydrogens is 265 g/mol. The van der Waals surface area contributed by atoms with E-state index in [2.05, 4.69) is 29.3 Å². The summed E-state index contributed by atoms with van der Waals surface area (Å²) in [6.07, 6.45) is -3.66. The number of alkyl halides is 3. The van der Waals surface area contributed by atoms with Crippen LogP contribution in [0.5, 0.6) is 0 Å². The number of anilines is 1. The maximum absolute atomic E-state index is 12.2. The third-order valence-corrected chi connectivity index (χ3v) is 3.92. The molecule has 1 atom stereocenters. The van der Waals surface area contributed by atoms with E-state index in [9.17, 15) is 13.2 Å². The highest BCUT2D eigenvalue weighted by Gasteiger charge is 2.27. The molecule has 5 heteroatoms. The van der Waals surface area contributed by atoms with Gasteiger partial charge in [0.25, 0.3) is 0 Å². The largest absolute Gasteiger partial charge is 0.389 e. The number of hydrogen-bond donors (Lipinski definition) is 1. The highest BCUT2D eigenvalue weighted by atomic mass is 19.4. The van der Waals surface area contributed by atoms with Gasteiger partial charge in [-0.05, 0) is 44.0 Å². The lowest BCUT2D eigenvalue weighted by Gasteiger charge is -2.20. The van der Waals surface area contributed by atoms with Crippen LogP contribution >= 0.6 is 0 Å². The minimum absolute atomic E-state index is 0.164. The molecule has 112 valence electrons. The third-order valence-electron chi connectivity index (χ3n) is 3.92. The van der Waals surface area contributed by atoms with Crippen molar-refractivity contribution in [1.82, 2.24) is 5.32 Å². The lowest BCUT2D eigenvalue weighted by Crippen LogP contribution is -2.23. The SMILES string of the molecule is CNC(C)c1ccc2c(c1)CCN2CCCC(F)(F)F. The van der Waals surface area contributed by atoms with Crippen molar-refractivity contribution < 1.29 is 13.2 Å². The Morgan fingerprint density at radius 2 is 2.10 bits per heavy atom. The minimum Gasteiger partial charge on any atom is -0.371 e. The van der Waals surface area contributed by atoms with Gasteiger partial charge in [0.1, 0.15) is 0 Å². The number of nitrogens with one attached hydrogen (secondary N) is 1. The molecule has 1 aromatic rings. The summed E-state index contributed by atoms with van der Waals surface area (Å²) in [5.74, 6) is 0. The summed E-state index contributed by atoms with van der Waals surface area (Å²) in [5.41, 5.74) is 3.57. The second-order valence-corrected chi connectivity index (χ2v) is 5.35. The van der Waals surface area contributed by atoms with E-state index in [0.717, 1.165) is 18.7 Å². The molecule has 2 rings (SSSR count). The molecule has 1 aliphatic rings. The van der Waals surface area contributed by atoms with Crippen molar-refractivity contribution in [2.45, 2.75) is 38.4 Å². The molecule has 0 aromatic heterocycles. The highest BCUT2D eigenvalue weighted by Crippen LogP contribution is 2.31. The van der Waals surface area contributed by atoms with Gasteiger partial charge < -0.3 is 10.2 Å². The van der Waals surface area contributed by atoms with E-state index in [1.165, 1.54) is 11.1 Å². The summed E-state index contributed by atoms with van der Waals surface area (Å²) in [4.78, 5) is 2.06. The first-order valence-corrected chi connectivity index (χ1v) is 7.02. The van der Waals surface area contributed by atoms with Crippen LogP contribution in [0.15, 0.2) is 18.2 Å². The van der Waals surface area contributed by atoms with E-state index in [0.29, 0.717) is 12.6 Å². The van der Waals surface area contributed by atoms with Crippen LogP contribution in [0.2, 0.25) is 0 Å². The van der Waals surface area contributed by atoms with Crippen LogP contribution < -0.4 is 10.2 Å². The second kappa shape index (κ2) is 6.04. The van der Waals surface area contributed by atoms with E-state index < -0.39 is 12.6 Å². The Hall–Kier alpha value is -1.23. The fourth-order valence-corrected chi connectivity index (χ4v) is 2.63. The molecule has 0 fully saturated rings. The summed E-state index contributed by atoms with van der Waals surface area (Å²) in [5, 5.41) is 3.20. The van der Waals surface area contributed by atoms with E-state index in [-0.39, 0.29) is 6.42 Å². The number of rotatable bonds is 5. The van der Waals surface area contributed by atoms with Crippen molar-refractivity contribution >= 4 is 5.69 Å². The molecule has 0 saturated carbocycles. The van der Waals surface area contributed by atoms with Gasteiger partial charge in [0.2, 0.25) is 0 Å². The molecule has 0 spiro atoms. The van der Waals surface area contributed by atoms with Crippen molar-refractivity contribution in [2.75, 3.05) is 25.0 Å². The predicted octanol–water partition coefficient (Wildman–Crippen LogP) is 3.67. The Bertz CT molecular complexity index is 457. The van der Waals surface area contributed by atoms with Crippen molar-refractivity contribution in [3.63, 3.8) is 0 Å². The standard InChI is InChI=1S/C15H21F3N2/c1-11(19-2)12-4-5-14-13(10-12)6-9-20(14)8-3-7-15(16,17)18/h4-5,10-11,19H,3,6-9H2,1-2H3. The molecule has 1 unspecified atom stereocenters. The molecule has 1 heterocycles. The summed E-state index contributed by atoms with van der Waals surface area (Å²) < 4.78 is 36.5. The number of fused-ring (bicyclic) bond motifs is 1. The van der Waals surface area contributed by atoms with Gasteiger partial charge in [0.15, 0.2) is 0 Å². The Labute approximate surface area is 118 Å². The number of nitrogens with zero attached hydrogens (tertiary/aromatic N) is 1. The Morgan fingerprint density at radius 1 is 1.35 bits per heavy atom. The van der Waals surface area contributed by atoms with E-state index in [1.54, 1.807) is 0 Å². The molecule has 0 saturated heterocycles. The smallest absolute Gasteiger partial charge is 0.371 e. The van der Waals surface area contributed by atoms with Crippen molar-refractivity contribution in [1.29, 1.82) is 0 Å². The normalized spacial score (nSPS) is 16.4. The van der Waals surface area contributed by atoms with Crippen LogP contribution in [-0.2, 0) is 6.42 Å². The number of benzene rings is 1. The summed E-state index contributed by atoms with van der Waals surface area (Å²) in [7, 11) is 1.92. The van der Waals surface area contributed by atoms with Gasteiger partial charge in [0, 0.05) is 31.2 Å². The van der Waals surface area contributed by atoms with Crippen LogP contribution in [0.1, 0.15) is 36.9 Å². The predicted molar refractivity (Wildman–Crippen MR) is 75.1 cm³/mol. The number of halogens is 3. The first kappa shape index (κ1) is 15.2. The Kier molecular flexibility index (Phi) is 4.58. The van der Waals surface area contributed by atoms with Gasteiger partial charge in [0.05, 0.1) is 0 Å². The van der Waals surface area contributed by atoms with Gasteiger partial charge >= 0.3 is 6.18 Å². The molecule has 0 aliphatic carbocycles. The van der Waals surface area contributed by atoms with E-state index >= 15 is 0 Å². The zero-order valence-electron chi connectivity index (χ0n) is 11.9. The minimum atomic E-state index is -4.05. The van der Waals surface area contributed by atoms with Gasteiger partial charge in [-0.1, -0.05) is 12.1 Å². The van der Waals surface area contributed by atoms with Crippen molar-refractivity contribution in [3.05, 3.63) is 29.3 Å². The molecule has 1 N–H and O–H groups in total. The second-order valence-electron chi connectivity index (χ2n) is 5.35. The molecule has 20 heavy (non-hydrogen) atoms. The Balaban J connectivity index is 1.99. The summed E-state index contributed by atoms with van der Waals surface area (Å²) >= 11 is 0. The van der Waals surface area contributed by atoms with E-state index in [1.807, 2.05) is 13.1 Å². The average molecular weight is 286 g/mol.